The summed E-state index contributed by atoms with van der Waals surface area (Å²) in [6.45, 7) is 3.35. The lowest BCUT2D eigenvalue weighted by Crippen LogP contribution is -2.32. The predicted molar refractivity (Wildman–Crippen MR) is 87.5 cm³/mol. The highest BCUT2D eigenvalue weighted by atomic mass is 16.5. The van der Waals surface area contributed by atoms with Crippen LogP contribution in [0.25, 0.3) is 0 Å². The molecule has 24 heavy (non-hydrogen) atoms. The molecule has 2 aromatic heterocycles. The summed E-state index contributed by atoms with van der Waals surface area (Å²) in [4.78, 5) is 26.9. The lowest BCUT2D eigenvalue weighted by atomic mass is 9.99. The molecule has 1 aliphatic heterocycles. The number of hydrogen-bond acceptors (Lipinski definition) is 5. The minimum absolute atomic E-state index is 0.0181. The van der Waals surface area contributed by atoms with Gasteiger partial charge in [0.1, 0.15) is 17.7 Å². The molecule has 0 radical (unpaired) electrons. The maximum Gasteiger partial charge on any atom is 0.257 e. The molecule has 1 saturated heterocycles. The predicted octanol–water partition coefficient (Wildman–Crippen LogP) is 2.11. The number of ether oxygens (including phenoxy) is 1. The minimum Gasteiger partial charge on any atom is -0.488 e. The zero-order valence-corrected chi connectivity index (χ0v) is 13.6. The normalized spacial score (nSPS) is 25.5. The largest absolute Gasteiger partial charge is 0.488 e. The van der Waals surface area contributed by atoms with E-state index in [-0.39, 0.29) is 12.0 Å². The molecule has 2 fully saturated rings. The zero-order valence-electron chi connectivity index (χ0n) is 13.6. The highest BCUT2D eigenvalue weighted by molar-refractivity contribution is 5.93. The fourth-order valence-electron chi connectivity index (χ4n) is 3.80. The van der Waals surface area contributed by atoms with E-state index >= 15 is 0 Å². The molecular weight excluding hydrogens is 304 g/mol. The van der Waals surface area contributed by atoms with E-state index < -0.39 is 0 Å². The third kappa shape index (κ3) is 2.84. The Labute approximate surface area is 140 Å². The fourth-order valence-corrected chi connectivity index (χ4v) is 3.80. The molecule has 4 rings (SSSR count). The number of carbonyl (C=O) groups is 1. The number of hydrogen-bond donors (Lipinski definition) is 0. The van der Waals surface area contributed by atoms with E-state index in [4.69, 9.17) is 4.74 Å². The summed E-state index contributed by atoms with van der Waals surface area (Å²) < 4.78 is 6.11. The third-order valence-electron chi connectivity index (χ3n) is 5.03. The molecule has 3 atom stereocenters. The molecule has 124 valence electrons. The Morgan fingerprint density at radius 3 is 2.79 bits per heavy atom. The summed E-state index contributed by atoms with van der Waals surface area (Å²) in [5, 5.41) is 0. The summed E-state index contributed by atoms with van der Waals surface area (Å²) in [6, 6.07) is 3.81. The topological polar surface area (TPSA) is 68.2 Å². The van der Waals surface area contributed by atoms with Gasteiger partial charge < -0.3 is 9.64 Å². The first-order valence-corrected chi connectivity index (χ1v) is 8.35. The Kier molecular flexibility index (Phi) is 3.88. The van der Waals surface area contributed by atoms with Crippen molar-refractivity contribution >= 4 is 5.91 Å². The standard InChI is InChI=1S/C18H20N4O2/c1-12-20-7-14(8-21-12)18(23)22-10-13-4-5-17(16(13)11-22)24-15-3-2-6-19-9-15/h2-3,6-9,13,16-17H,4-5,10-11H2,1H3/t13-,16+,17-/m1/s1. The van der Waals surface area contributed by atoms with E-state index in [0.29, 0.717) is 23.2 Å². The summed E-state index contributed by atoms with van der Waals surface area (Å²) in [5.41, 5.74) is 0.560. The van der Waals surface area contributed by atoms with Crippen molar-refractivity contribution in [2.45, 2.75) is 25.9 Å². The minimum atomic E-state index is 0.0181. The highest BCUT2D eigenvalue weighted by Gasteiger charge is 2.45. The van der Waals surface area contributed by atoms with Crippen molar-refractivity contribution < 1.29 is 9.53 Å². The number of amides is 1. The van der Waals surface area contributed by atoms with E-state index in [0.717, 1.165) is 31.7 Å². The number of nitrogens with zero attached hydrogens (tertiary/aromatic N) is 4. The number of aryl methyl sites for hydroxylation is 1. The van der Waals surface area contributed by atoms with E-state index in [2.05, 4.69) is 15.0 Å². The summed E-state index contributed by atoms with van der Waals surface area (Å²) in [5.74, 6) is 2.40. The Morgan fingerprint density at radius 2 is 2.04 bits per heavy atom. The van der Waals surface area contributed by atoms with Crippen LogP contribution in [-0.4, -0.2) is 45.0 Å². The molecule has 0 aromatic carbocycles. The molecule has 2 aromatic rings. The average molecular weight is 324 g/mol. The first kappa shape index (κ1) is 15.1. The van der Waals surface area contributed by atoms with Gasteiger partial charge in [-0.15, -0.1) is 0 Å². The second-order valence-electron chi connectivity index (χ2n) is 6.58. The number of carbonyl (C=O) groups excluding carboxylic acids is 1. The monoisotopic (exact) mass is 324 g/mol. The lowest BCUT2D eigenvalue weighted by molar-refractivity contribution is 0.0761. The molecule has 3 heterocycles. The summed E-state index contributed by atoms with van der Waals surface area (Å²) in [6.07, 6.45) is 9.01. The van der Waals surface area contributed by atoms with Gasteiger partial charge in [-0.25, -0.2) is 9.97 Å². The van der Waals surface area contributed by atoms with Gasteiger partial charge in [0.05, 0.1) is 11.8 Å². The molecule has 1 aliphatic carbocycles. The smallest absolute Gasteiger partial charge is 0.257 e. The maximum absolute atomic E-state index is 12.6. The van der Waals surface area contributed by atoms with Crippen LogP contribution in [-0.2, 0) is 0 Å². The molecule has 1 saturated carbocycles. The van der Waals surface area contributed by atoms with Crippen LogP contribution in [0.4, 0.5) is 0 Å². The van der Waals surface area contributed by atoms with Crippen molar-refractivity contribution in [3.63, 3.8) is 0 Å². The molecule has 6 heteroatoms. The second-order valence-corrected chi connectivity index (χ2v) is 6.58. The summed E-state index contributed by atoms with van der Waals surface area (Å²) in [7, 11) is 0. The van der Waals surface area contributed by atoms with Crippen LogP contribution in [0.15, 0.2) is 36.9 Å². The van der Waals surface area contributed by atoms with Crippen molar-refractivity contribution in [2.75, 3.05) is 13.1 Å². The number of rotatable bonds is 3. The Balaban J connectivity index is 1.44. The van der Waals surface area contributed by atoms with Crippen molar-refractivity contribution in [2.24, 2.45) is 11.8 Å². The van der Waals surface area contributed by atoms with E-state index in [1.165, 1.54) is 0 Å². The Morgan fingerprint density at radius 1 is 1.21 bits per heavy atom. The van der Waals surface area contributed by atoms with Crippen molar-refractivity contribution in [3.8, 4) is 5.75 Å². The molecule has 0 bridgehead atoms. The molecule has 2 aliphatic rings. The lowest BCUT2D eigenvalue weighted by Gasteiger charge is -2.21. The van der Waals surface area contributed by atoms with Crippen LogP contribution in [0.1, 0.15) is 29.0 Å². The van der Waals surface area contributed by atoms with Crippen LogP contribution in [0.2, 0.25) is 0 Å². The van der Waals surface area contributed by atoms with Gasteiger partial charge in [-0.2, -0.15) is 0 Å². The average Bonchev–Trinajstić information content (AvgIpc) is 3.18. The molecular formula is C18H20N4O2. The first-order valence-electron chi connectivity index (χ1n) is 8.35. The molecule has 6 nitrogen and oxygen atoms in total. The Bertz CT molecular complexity index is 720. The van der Waals surface area contributed by atoms with Gasteiger partial charge in [0.15, 0.2) is 0 Å². The van der Waals surface area contributed by atoms with Crippen molar-refractivity contribution in [1.82, 2.24) is 19.9 Å². The number of fused-ring (bicyclic) bond motifs is 1. The van der Waals surface area contributed by atoms with Crippen LogP contribution in [0.5, 0.6) is 5.75 Å². The molecule has 0 unspecified atom stereocenters. The van der Waals surface area contributed by atoms with Crippen LogP contribution in [0.3, 0.4) is 0 Å². The van der Waals surface area contributed by atoms with Gasteiger partial charge in [0, 0.05) is 37.6 Å². The number of likely N-dealkylation sites (tertiary alicyclic amines) is 1. The SMILES string of the molecule is Cc1ncc(C(=O)N2C[C@H]3CC[C@@H](Oc4cccnc4)[C@H]3C2)cn1. The van der Waals surface area contributed by atoms with Gasteiger partial charge in [0.25, 0.3) is 5.91 Å². The van der Waals surface area contributed by atoms with Gasteiger partial charge in [0.2, 0.25) is 0 Å². The van der Waals surface area contributed by atoms with E-state index in [1.807, 2.05) is 24.0 Å². The van der Waals surface area contributed by atoms with Crippen LogP contribution < -0.4 is 4.74 Å². The molecule has 0 N–H and O–H groups in total. The van der Waals surface area contributed by atoms with Gasteiger partial charge in [-0.1, -0.05) is 0 Å². The van der Waals surface area contributed by atoms with Gasteiger partial charge in [-0.3, -0.25) is 9.78 Å². The second kappa shape index (κ2) is 6.19. The van der Waals surface area contributed by atoms with E-state index in [9.17, 15) is 4.79 Å². The molecule has 0 spiro atoms. The summed E-state index contributed by atoms with van der Waals surface area (Å²) >= 11 is 0. The number of aromatic nitrogens is 3. The van der Waals surface area contributed by atoms with Crippen LogP contribution >= 0.6 is 0 Å². The van der Waals surface area contributed by atoms with Gasteiger partial charge >= 0.3 is 0 Å². The third-order valence-corrected chi connectivity index (χ3v) is 5.03. The van der Waals surface area contributed by atoms with Crippen molar-refractivity contribution in [1.29, 1.82) is 0 Å². The highest BCUT2D eigenvalue weighted by Crippen LogP contribution is 2.40. The van der Waals surface area contributed by atoms with Crippen LogP contribution in [0, 0.1) is 18.8 Å². The fraction of sp³-hybridized carbons (Fsp3) is 0.444. The zero-order chi connectivity index (χ0) is 16.5. The first-order chi connectivity index (χ1) is 11.7. The van der Waals surface area contributed by atoms with Crippen molar-refractivity contribution in [3.05, 3.63) is 48.3 Å². The Hall–Kier alpha value is -2.50. The number of pyridine rings is 1. The van der Waals surface area contributed by atoms with Gasteiger partial charge in [-0.05, 0) is 37.8 Å². The quantitative estimate of drug-likeness (QED) is 0.865. The van der Waals surface area contributed by atoms with E-state index in [1.54, 1.807) is 24.8 Å². The molecule has 1 amide bonds. The maximum atomic E-state index is 12.6.